The van der Waals surface area contributed by atoms with Gasteiger partial charge in [0.1, 0.15) is 6.61 Å². The summed E-state index contributed by atoms with van der Waals surface area (Å²) < 4.78 is 10.4. The third-order valence-corrected chi connectivity index (χ3v) is 3.90. The van der Waals surface area contributed by atoms with E-state index in [0.29, 0.717) is 26.1 Å². The molecule has 2 aliphatic heterocycles. The Morgan fingerprint density at radius 3 is 2.76 bits per heavy atom. The molecule has 120 valence electrons. The number of morpholine rings is 1. The van der Waals surface area contributed by atoms with Gasteiger partial charge in [-0.25, -0.2) is 0 Å². The Balaban J connectivity index is 1.65. The van der Waals surface area contributed by atoms with Gasteiger partial charge in [-0.05, 0) is 12.8 Å². The molecule has 2 fully saturated rings. The lowest BCUT2D eigenvalue weighted by Crippen LogP contribution is -2.48. The first kappa shape index (κ1) is 16.2. The highest BCUT2D eigenvalue weighted by molar-refractivity contribution is 5.78. The average Bonchev–Trinajstić information content (AvgIpc) is 2.49. The van der Waals surface area contributed by atoms with Crippen molar-refractivity contribution in [1.82, 2.24) is 15.5 Å². The van der Waals surface area contributed by atoms with E-state index in [2.05, 4.69) is 10.6 Å². The standard InChI is InChI=1S/C14H25N3O4/c1-20-10-14(19)17-5-2-11(3-6-17)16-13(18)8-12-9-15-4-7-21-12/h11-12,15H,2-10H2,1H3,(H,16,18). The molecule has 0 spiro atoms. The van der Waals surface area contributed by atoms with Crippen molar-refractivity contribution in [2.24, 2.45) is 0 Å². The van der Waals surface area contributed by atoms with Crippen molar-refractivity contribution < 1.29 is 19.1 Å². The maximum Gasteiger partial charge on any atom is 0.248 e. The van der Waals surface area contributed by atoms with E-state index >= 15 is 0 Å². The van der Waals surface area contributed by atoms with E-state index in [0.717, 1.165) is 25.9 Å². The van der Waals surface area contributed by atoms with Crippen molar-refractivity contribution in [3.8, 4) is 0 Å². The van der Waals surface area contributed by atoms with Crippen molar-refractivity contribution in [1.29, 1.82) is 0 Å². The molecule has 0 aromatic rings. The predicted molar refractivity (Wildman–Crippen MR) is 76.8 cm³/mol. The Hall–Kier alpha value is -1.18. The quantitative estimate of drug-likeness (QED) is 0.689. The van der Waals surface area contributed by atoms with Gasteiger partial charge in [-0.1, -0.05) is 0 Å². The summed E-state index contributed by atoms with van der Waals surface area (Å²) >= 11 is 0. The number of nitrogens with zero attached hydrogens (tertiary/aromatic N) is 1. The summed E-state index contributed by atoms with van der Waals surface area (Å²) in [7, 11) is 1.52. The van der Waals surface area contributed by atoms with E-state index in [-0.39, 0.29) is 30.6 Å². The van der Waals surface area contributed by atoms with Crippen LogP contribution in [0.1, 0.15) is 19.3 Å². The highest BCUT2D eigenvalue weighted by Gasteiger charge is 2.25. The van der Waals surface area contributed by atoms with E-state index in [1.807, 2.05) is 0 Å². The number of nitrogens with one attached hydrogen (secondary N) is 2. The van der Waals surface area contributed by atoms with Gasteiger partial charge >= 0.3 is 0 Å². The zero-order chi connectivity index (χ0) is 15.1. The van der Waals surface area contributed by atoms with Crippen LogP contribution in [0.5, 0.6) is 0 Å². The molecule has 0 radical (unpaired) electrons. The zero-order valence-corrected chi connectivity index (χ0v) is 12.6. The van der Waals surface area contributed by atoms with E-state index in [9.17, 15) is 9.59 Å². The van der Waals surface area contributed by atoms with Crippen molar-refractivity contribution >= 4 is 11.8 Å². The Bertz CT molecular complexity index is 350. The van der Waals surface area contributed by atoms with Crippen LogP contribution >= 0.6 is 0 Å². The Morgan fingerprint density at radius 1 is 1.38 bits per heavy atom. The second-order valence-electron chi connectivity index (χ2n) is 5.56. The number of hydrogen-bond donors (Lipinski definition) is 2. The van der Waals surface area contributed by atoms with Crippen molar-refractivity contribution in [3.63, 3.8) is 0 Å². The van der Waals surface area contributed by atoms with Crippen LogP contribution in [-0.4, -0.2) is 75.4 Å². The number of carbonyl (C=O) groups excluding carboxylic acids is 2. The van der Waals surface area contributed by atoms with Gasteiger partial charge in [-0.15, -0.1) is 0 Å². The van der Waals surface area contributed by atoms with Crippen LogP contribution in [0.2, 0.25) is 0 Å². The monoisotopic (exact) mass is 299 g/mol. The number of methoxy groups -OCH3 is 1. The predicted octanol–water partition coefficient (Wildman–Crippen LogP) is -0.881. The lowest BCUT2D eigenvalue weighted by Gasteiger charge is -2.32. The Kier molecular flexibility index (Phi) is 6.41. The minimum Gasteiger partial charge on any atom is -0.375 e. The molecular weight excluding hydrogens is 274 g/mol. The lowest BCUT2D eigenvalue weighted by molar-refractivity contribution is -0.136. The van der Waals surface area contributed by atoms with Gasteiger partial charge in [0.15, 0.2) is 0 Å². The topological polar surface area (TPSA) is 79.9 Å². The van der Waals surface area contributed by atoms with Crippen LogP contribution in [0.3, 0.4) is 0 Å². The molecule has 7 nitrogen and oxygen atoms in total. The molecule has 2 saturated heterocycles. The molecular formula is C14H25N3O4. The van der Waals surface area contributed by atoms with Crippen molar-refractivity contribution in [3.05, 3.63) is 0 Å². The summed E-state index contributed by atoms with van der Waals surface area (Å²) in [6, 6.07) is 0.153. The molecule has 0 aliphatic carbocycles. The molecule has 0 bridgehead atoms. The minimum absolute atomic E-state index is 0.0176. The zero-order valence-electron chi connectivity index (χ0n) is 12.6. The first-order chi connectivity index (χ1) is 10.2. The van der Waals surface area contributed by atoms with E-state index < -0.39 is 0 Å². The van der Waals surface area contributed by atoms with Gasteiger partial charge < -0.3 is 25.0 Å². The fourth-order valence-corrected chi connectivity index (χ4v) is 2.73. The molecule has 1 atom stereocenters. The number of likely N-dealkylation sites (tertiary alicyclic amines) is 1. The number of amides is 2. The number of rotatable bonds is 5. The first-order valence-electron chi connectivity index (χ1n) is 7.57. The number of hydrogen-bond acceptors (Lipinski definition) is 5. The largest absolute Gasteiger partial charge is 0.375 e. The second kappa shape index (κ2) is 8.31. The van der Waals surface area contributed by atoms with Gasteiger partial charge in [0.25, 0.3) is 0 Å². The Labute approximate surface area is 125 Å². The van der Waals surface area contributed by atoms with Crippen LogP contribution in [-0.2, 0) is 19.1 Å². The molecule has 2 aliphatic rings. The van der Waals surface area contributed by atoms with Gasteiger partial charge in [0.05, 0.1) is 19.1 Å². The van der Waals surface area contributed by atoms with Gasteiger partial charge in [0.2, 0.25) is 11.8 Å². The normalized spacial score (nSPS) is 23.9. The molecule has 21 heavy (non-hydrogen) atoms. The second-order valence-corrected chi connectivity index (χ2v) is 5.56. The number of carbonyl (C=O) groups is 2. The fourth-order valence-electron chi connectivity index (χ4n) is 2.73. The highest BCUT2D eigenvalue weighted by atomic mass is 16.5. The van der Waals surface area contributed by atoms with E-state index in [1.165, 1.54) is 7.11 Å². The van der Waals surface area contributed by atoms with Crippen molar-refractivity contribution in [2.45, 2.75) is 31.4 Å². The minimum atomic E-state index is -0.0258. The van der Waals surface area contributed by atoms with E-state index in [4.69, 9.17) is 9.47 Å². The molecule has 2 rings (SSSR count). The summed E-state index contributed by atoms with van der Waals surface area (Å²) in [5.41, 5.74) is 0. The Morgan fingerprint density at radius 2 is 2.14 bits per heavy atom. The summed E-state index contributed by atoms with van der Waals surface area (Å²) in [4.78, 5) is 25.4. The third kappa shape index (κ3) is 5.26. The van der Waals surface area contributed by atoms with Crippen LogP contribution < -0.4 is 10.6 Å². The van der Waals surface area contributed by atoms with Gasteiger partial charge in [0, 0.05) is 39.3 Å². The smallest absolute Gasteiger partial charge is 0.248 e. The average molecular weight is 299 g/mol. The maximum atomic E-state index is 12.0. The first-order valence-corrected chi connectivity index (χ1v) is 7.57. The maximum absolute atomic E-state index is 12.0. The molecule has 2 N–H and O–H groups in total. The van der Waals surface area contributed by atoms with Gasteiger partial charge in [-0.3, -0.25) is 9.59 Å². The van der Waals surface area contributed by atoms with Crippen LogP contribution in [0.15, 0.2) is 0 Å². The molecule has 2 heterocycles. The summed E-state index contributed by atoms with van der Waals surface area (Å²) in [6.07, 6.45) is 1.97. The third-order valence-electron chi connectivity index (χ3n) is 3.90. The summed E-state index contributed by atoms with van der Waals surface area (Å²) in [5, 5.41) is 6.25. The SMILES string of the molecule is COCC(=O)N1CCC(NC(=O)CC2CNCCO2)CC1. The van der Waals surface area contributed by atoms with Gasteiger partial charge in [-0.2, -0.15) is 0 Å². The molecule has 0 aromatic carbocycles. The van der Waals surface area contributed by atoms with Crippen LogP contribution in [0.4, 0.5) is 0 Å². The molecule has 1 unspecified atom stereocenters. The molecule has 0 saturated carbocycles. The van der Waals surface area contributed by atoms with Crippen LogP contribution in [0.25, 0.3) is 0 Å². The molecule has 0 aromatic heterocycles. The number of ether oxygens (including phenoxy) is 2. The highest BCUT2D eigenvalue weighted by Crippen LogP contribution is 2.11. The lowest BCUT2D eigenvalue weighted by atomic mass is 10.0. The molecule has 2 amide bonds. The summed E-state index contributed by atoms with van der Waals surface area (Å²) in [5.74, 6) is 0.0503. The fraction of sp³-hybridized carbons (Fsp3) is 0.857. The number of piperidine rings is 1. The van der Waals surface area contributed by atoms with E-state index in [1.54, 1.807) is 4.90 Å². The van der Waals surface area contributed by atoms with Crippen LogP contribution in [0, 0.1) is 0 Å². The molecule has 7 heteroatoms. The summed E-state index contributed by atoms with van der Waals surface area (Å²) in [6.45, 7) is 3.73. The van der Waals surface area contributed by atoms with Crippen molar-refractivity contribution in [2.75, 3.05) is 46.5 Å².